The van der Waals surface area contributed by atoms with Gasteiger partial charge in [-0.15, -0.1) is 11.3 Å². The molecule has 0 saturated carbocycles. The van der Waals surface area contributed by atoms with Gasteiger partial charge in [-0.3, -0.25) is 4.98 Å². The summed E-state index contributed by atoms with van der Waals surface area (Å²) in [6, 6.07) is 12.9. The number of rotatable bonds is 3. The second-order valence-corrected chi connectivity index (χ2v) is 6.69. The first-order valence-electron chi connectivity index (χ1n) is 7.97. The van der Waals surface area contributed by atoms with E-state index in [4.69, 9.17) is 0 Å². The summed E-state index contributed by atoms with van der Waals surface area (Å²) in [6.45, 7) is 0. The number of hydrogen-bond donors (Lipinski definition) is 2. The Kier molecular flexibility index (Phi) is 3.39. The molecular weight excluding hydrogens is 349 g/mol. The number of aromatic nitrogens is 4. The third-order valence-electron chi connectivity index (χ3n) is 4.13. The van der Waals surface area contributed by atoms with Gasteiger partial charge in [0.05, 0.1) is 21.4 Å². The number of benzene rings is 2. The maximum atomic E-state index is 14.3. The predicted molar refractivity (Wildman–Crippen MR) is 102 cm³/mol. The number of aromatic amines is 1. The van der Waals surface area contributed by atoms with Crippen molar-refractivity contribution in [3.05, 3.63) is 66.2 Å². The molecule has 0 bridgehead atoms. The molecule has 0 aliphatic carbocycles. The van der Waals surface area contributed by atoms with Crippen molar-refractivity contribution in [3.8, 4) is 10.7 Å². The van der Waals surface area contributed by atoms with Gasteiger partial charge in [-0.05, 0) is 30.3 Å². The van der Waals surface area contributed by atoms with Gasteiger partial charge in [-0.2, -0.15) is 0 Å². The van der Waals surface area contributed by atoms with E-state index in [9.17, 15) is 4.39 Å². The Morgan fingerprint density at radius 3 is 2.88 bits per heavy atom. The van der Waals surface area contributed by atoms with Crippen LogP contribution in [0.4, 0.5) is 15.9 Å². The van der Waals surface area contributed by atoms with Gasteiger partial charge in [-0.25, -0.2) is 14.4 Å². The number of para-hydroxylation sites is 1. The van der Waals surface area contributed by atoms with Crippen molar-refractivity contribution in [2.45, 2.75) is 0 Å². The Morgan fingerprint density at radius 2 is 2.00 bits per heavy atom. The van der Waals surface area contributed by atoms with Crippen molar-refractivity contribution >= 4 is 44.6 Å². The molecule has 0 fully saturated rings. The van der Waals surface area contributed by atoms with E-state index >= 15 is 0 Å². The van der Waals surface area contributed by atoms with E-state index in [1.54, 1.807) is 17.9 Å². The van der Waals surface area contributed by atoms with Crippen LogP contribution in [0.5, 0.6) is 0 Å². The van der Waals surface area contributed by atoms with Crippen molar-refractivity contribution in [1.29, 1.82) is 0 Å². The average Bonchev–Trinajstić information content (AvgIpc) is 3.33. The van der Waals surface area contributed by atoms with Gasteiger partial charge in [0.1, 0.15) is 11.6 Å². The van der Waals surface area contributed by atoms with Gasteiger partial charge in [-0.1, -0.05) is 12.1 Å². The topological polar surface area (TPSA) is 66.5 Å². The molecule has 0 radical (unpaired) electrons. The third-order valence-corrected chi connectivity index (χ3v) is 4.90. The molecule has 126 valence electrons. The standard InChI is InChI=1S/C19H12FN5S/c20-14-8-12(7-11-5-6-22-17(11)14)23-18-13-3-1-2-4-15(13)24-19(25-18)16-9-21-10-26-16/h1-10,22H,(H,23,24,25). The van der Waals surface area contributed by atoms with E-state index in [0.29, 0.717) is 22.8 Å². The largest absolute Gasteiger partial charge is 0.359 e. The van der Waals surface area contributed by atoms with Gasteiger partial charge in [0.25, 0.3) is 0 Å². The molecule has 0 unspecified atom stereocenters. The highest BCUT2D eigenvalue weighted by molar-refractivity contribution is 7.13. The van der Waals surface area contributed by atoms with Gasteiger partial charge in [0.2, 0.25) is 0 Å². The van der Waals surface area contributed by atoms with Crippen LogP contribution in [0.2, 0.25) is 0 Å². The van der Waals surface area contributed by atoms with E-state index < -0.39 is 0 Å². The second kappa shape index (κ2) is 5.89. The molecule has 2 N–H and O–H groups in total. The van der Waals surface area contributed by atoms with E-state index in [-0.39, 0.29) is 5.82 Å². The summed E-state index contributed by atoms with van der Waals surface area (Å²) < 4.78 is 14.3. The summed E-state index contributed by atoms with van der Waals surface area (Å²) in [7, 11) is 0. The van der Waals surface area contributed by atoms with Gasteiger partial charge < -0.3 is 10.3 Å². The molecule has 7 heteroatoms. The molecule has 0 aliphatic rings. The van der Waals surface area contributed by atoms with E-state index in [1.165, 1.54) is 17.4 Å². The average molecular weight is 361 g/mol. The quantitative estimate of drug-likeness (QED) is 0.468. The summed E-state index contributed by atoms with van der Waals surface area (Å²) in [6.07, 6.45) is 3.46. The van der Waals surface area contributed by atoms with E-state index in [1.807, 2.05) is 36.4 Å². The smallest absolute Gasteiger partial charge is 0.173 e. The molecule has 0 spiro atoms. The van der Waals surface area contributed by atoms with Crippen LogP contribution in [0.25, 0.3) is 32.5 Å². The van der Waals surface area contributed by atoms with Crippen LogP contribution in [-0.4, -0.2) is 19.9 Å². The summed E-state index contributed by atoms with van der Waals surface area (Å²) in [5, 5.41) is 4.92. The van der Waals surface area contributed by atoms with Gasteiger partial charge in [0.15, 0.2) is 5.82 Å². The fourth-order valence-electron chi connectivity index (χ4n) is 2.94. The maximum absolute atomic E-state index is 14.3. The van der Waals surface area contributed by atoms with Crippen LogP contribution in [0.1, 0.15) is 0 Å². The fourth-order valence-corrected chi connectivity index (χ4v) is 3.50. The van der Waals surface area contributed by atoms with Gasteiger partial charge in [0, 0.05) is 28.9 Å². The van der Waals surface area contributed by atoms with E-state index in [0.717, 1.165) is 21.2 Å². The summed E-state index contributed by atoms with van der Waals surface area (Å²) in [5.41, 5.74) is 3.69. The summed E-state index contributed by atoms with van der Waals surface area (Å²) in [5.74, 6) is 0.918. The molecule has 5 rings (SSSR count). The number of halogens is 1. The lowest BCUT2D eigenvalue weighted by molar-refractivity contribution is 0.638. The number of hydrogen-bond acceptors (Lipinski definition) is 5. The van der Waals surface area contributed by atoms with Crippen LogP contribution in [-0.2, 0) is 0 Å². The van der Waals surface area contributed by atoms with Gasteiger partial charge >= 0.3 is 0 Å². The molecule has 5 aromatic rings. The number of nitrogens with zero attached hydrogens (tertiary/aromatic N) is 3. The normalized spacial score (nSPS) is 11.3. The minimum Gasteiger partial charge on any atom is -0.359 e. The number of fused-ring (bicyclic) bond motifs is 2. The van der Waals surface area contributed by atoms with Crippen molar-refractivity contribution in [2.75, 3.05) is 5.32 Å². The molecule has 0 aliphatic heterocycles. The zero-order valence-electron chi connectivity index (χ0n) is 13.4. The molecule has 2 aromatic carbocycles. The minimum atomic E-state index is -0.309. The van der Waals surface area contributed by atoms with Crippen LogP contribution < -0.4 is 5.32 Å². The second-order valence-electron chi connectivity index (χ2n) is 5.80. The lowest BCUT2D eigenvalue weighted by Gasteiger charge is -2.11. The minimum absolute atomic E-state index is 0.309. The third kappa shape index (κ3) is 2.49. The van der Waals surface area contributed by atoms with E-state index in [2.05, 4.69) is 25.3 Å². The lowest BCUT2D eigenvalue weighted by atomic mass is 10.2. The molecule has 0 atom stereocenters. The molecule has 3 aromatic heterocycles. The maximum Gasteiger partial charge on any atom is 0.173 e. The Hall–Kier alpha value is -3.32. The molecular formula is C19H12FN5S. The molecule has 0 saturated heterocycles. The molecule has 5 nitrogen and oxygen atoms in total. The first-order chi connectivity index (χ1) is 12.8. The Balaban J connectivity index is 1.67. The molecule has 3 heterocycles. The van der Waals surface area contributed by atoms with Crippen LogP contribution in [0.15, 0.2) is 60.4 Å². The SMILES string of the molecule is Fc1cc(Nc2nc(-c3cncs3)nc3ccccc23)cc2cc[nH]c12. The highest BCUT2D eigenvalue weighted by Crippen LogP contribution is 2.30. The predicted octanol–water partition coefficient (Wildman–Crippen LogP) is 5.12. The zero-order chi connectivity index (χ0) is 17.5. The van der Waals surface area contributed by atoms with Crippen LogP contribution in [0.3, 0.4) is 0 Å². The highest BCUT2D eigenvalue weighted by Gasteiger charge is 2.12. The lowest BCUT2D eigenvalue weighted by Crippen LogP contribution is -1.99. The Morgan fingerprint density at radius 1 is 1.08 bits per heavy atom. The molecule has 26 heavy (non-hydrogen) atoms. The summed E-state index contributed by atoms with van der Waals surface area (Å²) >= 11 is 1.48. The number of anilines is 2. The number of nitrogens with one attached hydrogen (secondary N) is 2. The number of H-pyrrole nitrogens is 1. The Labute approximate surface area is 151 Å². The monoisotopic (exact) mass is 361 g/mol. The van der Waals surface area contributed by atoms with Crippen molar-refractivity contribution in [1.82, 2.24) is 19.9 Å². The van der Waals surface area contributed by atoms with Crippen molar-refractivity contribution in [3.63, 3.8) is 0 Å². The van der Waals surface area contributed by atoms with Crippen molar-refractivity contribution < 1.29 is 4.39 Å². The first kappa shape index (κ1) is 15.0. The molecule has 0 amide bonds. The van der Waals surface area contributed by atoms with Crippen molar-refractivity contribution in [2.24, 2.45) is 0 Å². The zero-order valence-corrected chi connectivity index (χ0v) is 14.2. The van der Waals surface area contributed by atoms with Crippen LogP contribution >= 0.6 is 11.3 Å². The Bertz CT molecular complexity index is 1230. The summed E-state index contributed by atoms with van der Waals surface area (Å²) in [4.78, 5) is 17.2. The number of thiazole rings is 1. The van der Waals surface area contributed by atoms with Crippen LogP contribution in [0, 0.1) is 5.82 Å². The fraction of sp³-hybridized carbons (Fsp3) is 0. The highest BCUT2D eigenvalue weighted by atomic mass is 32.1. The first-order valence-corrected chi connectivity index (χ1v) is 8.85.